The molecule has 0 radical (unpaired) electrons. The van der Waals surface area contributed by atoms with Crippen molar-refractivity contribution in [1.82, 2.24) is 19.7 Å². The van der Waals surface area contributed by atoms with E-state index in [2.05, 4.69) is 11.1 Å². The van der Waals surface area contributed by atoms with Crippen LogP contribution in [0.5, 0.6) is 17.2 Å². The van der Waals surface area contributed by atoms with Crippen LogP contribution >= 0.6 is 0 Å². The van der Waals surface area contributed by atoms with Crippen molar-refractivity contribution in [2.45, 2.75) is 25.2 Å². The Labute approximate surface area is 181 Å². The fraction of sp³-hybridized carbons (Fsp3) is 0.435. The van der Waals surface area contributed by atoms with Gasteiger partial charge in [-0.05, 0) is 42.7 Å². The van der Waals surface area contributed by atoms with E-state index in [4.69, 9.17) is 19.3 Å². The number of rotatable bonds is 6. The highest BCUT2D eigenvalue weighted by molar-refractivity contribution is 5.80. The van der Waals surface area contributed by atoms with Crippen molar-refractivity contribution in [1.29, 1.82) is 0 Å². The van der Waals surface area contributed by atoms with E-state index in [1.165, 1.54) is 0 Å². The number of benzene rings is 1. The Morgan fingerprint density at radius 1 is 1.10 bits per heavy atom. The molecule has 31 heavy (non-hydrogen) atoms. The molecule has 0 unspecified atom stereocenters. The molecule has 3 aromatic rings. The maximum atomic E-state index is 13.0. The van der Waals surface area contributed by atoms with Crippen LogP contribution in [-0.4, -0.2) is 60.0 Å². The number of carbonyl (C=O) groups excluding carboxylic acids is 1. The fourth-order valence-electron chi connectivity index (χ4n) is 4.35. The normalized spacial score (nSPS) is 14.6. The van der Waals surface area contributed by atoms with Gasteiger partial charge in [0.25, 0.3) is 0 Å². The SMILES string of the molecule is COc1cc(CC(=O)N2CCC(c3nn(C)c4ncccc34)CC2)cc(OC)c1OC. The first-order chi connectivity index (χ1) is 15.0. The molecule has 1 aliphatic heterocycles. The Morgan fingerprint density at radius 2 is 1.77 bits per heavy atom. The Morgan fingerprint density at radius 3 is 2.39 bits per heavy atom. The number of carbonyl (C=O) groups is 1. The van der Waals surface area contributed by atoms with E-state index < -0.39 is 0 Å². The third-order valence-corrected chi connectivity index (χ3v) is 5.94. The lowest BCUT2D eigenvalue weighted by atomic mass is 9.91. The van der Waals surface area contributed by atoms with Crippen molar-refractivity contribution in [2.24, 2.45) is 7.05 Å². The molecule has 1 fully saturated rings. The molecule has 0 spiro atoms. The molecule has 164 valence electrons. The van der Waals surface area contributed by atoms with Gasteiger partial charge in [-0.15, -0.1) is 0 Å². The summed E-state index contributed by atoms with van der Waals surface area (Å²) < 4.78 is 18.0. The van der Waals surface area contributed by atoms with Gasteiger partial charge in [0.05, 0.1) is 33.4 Å². The predicted octanol–water partition coefficient (Wildman–Crippen LogP) is 2.94. The first-order valence-corrected chi connectivity index (χ1v) is 10.4. The average Bonchev–Trinajstić information content (AvgIpc) is 3.15. The van der Waals surface area contributed by atoms with Gasteiger partial charge in [-0.1, -0.05) is 0 Å². The number of fused-ring (bicyclic) bond motifs is 1. The van der Waals surface area contributed by atoms with Gasteiger partial charge >= 0.3 is 0 Å². The fourth-order valence-corrected chi connectivity index (χ4v) is 4.35. The number of pyridine rings is 1. The van der Waals surface area contributed by atoms with Crippen molar-refractivity contribution in [3.05, 3.63) is 41.7 Å². The van der Waals surface area contributed by atoms with Crippen LogP contribution < -0.4 is 14.2 Å². The minimum absolute atomic E-state index is 0.0975. The van der Waals surface area contributed by atoms with Crippen LogP contribution in [0.2, 0.25) is 0 Å². The van der Waals surface area contributed by atoms with E-state index >= 15 is 0 Å². The molecule has 0 atom stereocenters. The first-order valence-electron chi connectivity index (χ1n) is 10.4. The summed E-state index contributed by atoms with van der Waals surface area (Å²) in [6.07, 6.45) is 3.86. The molecule has 3 heterocycles. The highest BCUT2D eigenvalue weighted by atomic mass is 16.5. The molecule has 8 heteroatoms. The predicted molar refractivity (Wildman–Crippen MR) is 117 cm³/mol. The summed E-state index contributed by atoms with van der Waals surface area (Å²) in [4.78, 5) is 19.3. The van der Waals surface area contributed by atoms with Crippen LogP contribution in [0.25, 0.3) is 11.0 Å². The number of nitrogens with zero attached hydrogens (tertiary/aromatic N) is 4. The molecule has 0 aliphatic carbocycles. The number of hydrogen-bond acceptors (Lipinski definition) is 6. The Kier molecular flexibility index (Phi) is 5.97. The minimum atomic E-state index is 0.0975. The summed E-state index contributed by atoms with van der Waals surface area (Å²) in [5.41, 5.74) is 2.82. The molecule has 4 rings (SSSR count). The standard InChI is InChI=1S/C23H28N4O4/c1-26-23-17(6-5-9-24-23)21(25-26)16-7-10-27(11-8-16)20(28)14-15-12-18(29-2)22(31-4)19(13-15)30-3/h5-6,9,12-13,16H,7-8,10-11,14H2,1-4H3. The molecule has 1 aromatic carbocycles. The lowest BCUT2D eigenvalue weighted by Gasteiger charge is -2.31. The zero-order valence-corrected chi connectivity index (χ0v) is 18.4. The van der Waals surface area contributed by atoms with Gasteiger partial charge in [-0.2, -0.15) is 5.10 Å². The van der Waals surface area contributed by atoms with Crippen molar-refractivity contribution in [2.75, 3.05) is 34.4 Å². The Hall–Kier alpha value is -3.29. The highest BCUT2D eigenvalue weighted by Gasteiger charge is 2.27. The van der Waals surface area contributed by atoms with Gasteiger partial charge in [0.15, 0.2) is 17.1 Å². The van der Waals surface area contributed by atoms with Crippen molar-refractivity contribution < 1.29 is 19.0 Å². The van der Waals surface area contributed by atoms with E-state index in [-0.39, 0.29) is 12.3 Å². The zero-order valence-electron chi connectivity index (χ0n) is 18.4. The molecule has 1 amide bonds. The van der Waals surface area contributed by atoms with Crippen LogP contribution in [0.3, 0.4) is 0 Å². The first kappa shape index (κ1) is 21.0. The quantitative estimate of drug-likeness (QED) is 0.605. The summed E-state index contributed by atoms with van der Waals surface area (Å²) in [7, 11) is 6.64. The van der Waals surface area contributed by atoms with Gasteiger partial charge in [-0.3, -0.25) is 9.48 Å². The molecule has 1 saturated heterocycles. The average molecular weight is 425 g/mol. The number of aromatic nitrogens is 3. The number of hydrogen-bond donors (Lipinski definition) is 0. The van der Waals surface area contributed by atoms with Gasteiger partial charge in [-0.25, -0.2) is 4.98 Å². The van der Waals surface area contributed by atoms with Gasteiger partial charge in [0, 0.05) is 37.6 Å². The summed E-state index contributed by atoms with van der Waals surface area (Å²) in [5.74, 6) is 2.07. The third-order valence-electron chi connectivity index (χ3n) is 5.94. The highest BCUT2D eigenvalue weighted by Crippen LogP contribution is 2.38. The minimum Gasteiger partial charge on any atom is -0.493 e. The van der Waals surface area contributed by atoms with Crippen molar-refractivity contribution in [3.63, 3.8) is 0 Å². The maximum absolute atomic E-state index is 13.0. The van der Waals surface area contributed by atoms with E-state index in [1.54, 1.807) is 27.5 Å². The smallest absolute Gasteiger partial charge is 0.226 e. The maximum Gasteiger partial charge on any atom is 0.226 e. The number of aryl methyl sites for hydroxylation is 1. The van der Waals surface area contributed by atoms with Crippen LogP contribution in [-0.2, 0) is 18.3 Å². The van der Waals surface area contributed by atoms with Crippen LogP contribution in [0.15, 0.2) is 30.5 Å². The van der Waals surface area contributed by atoms with Crippen LogP contribution in [0.4, 0.5) is 0 Å². The summed E-state index contributed by atoms with van der Waals surface area (Å²) in [6, 6.07) is 7.69. The topological polar surface area (TPSA) is 78.7 Å². The second kappa shape index (κ2) is 8.83. The molecule has 0 bridgehead atoms. The molecule has 0 saturated carbocycles. The molecule has 1 aliphatic rings. The number of piperidine rings is 1. The molecule has 8 nitrogen and oxygen atoms in total. The van der Waals surface area contributed by atoms with Gasteiger partial charge in [0.2, 0.25) is 11.7 Å². The van der Waals surface area contributed by atoms with E-state index in [9.17, 15) is 4.79 Å². The molecule has 0 N–H and O–H groups in total. The zero-order chi connectivity index (χ0) is 22.0. The number of amides is 1. The lowest BCUT2D eigenvalue weighted by molar-refractivity contribution is -0.131. The summed E-state index contributed by atoms with van der Waals surface area (Å²) in [6.45, 7) is 1.43. The molecule has 2 aromatic heterocycles. The lowest BCUT2D eigenvalue weighted by Crippen LogP contribution is -2.38. The van der Waals surface area contributed by atoms with Crippen LogP contribution in [0, 0.1) is 0 Å². The Balaban J connectivity index is 1.44. The number of likely N-dealkylation sites (tertiary alicyclic amines) is 1. The second-order valence-corrected chi connectivity index (χ2v) is 7.75. The summed E-state index contributed by atoms with van der Waals surface area (Å²) in [5, 5.41) is 5.82. The van der Waals surface area contributed by atoms with Crippen molar-refractivity contribution >= 4 is 16.9 Å². The monoisotopic (exact) mass is 424 g/mol. The second-order valence-electron chi connectivity index (χ2n) is 7.75. The number of ether oxygens (including phenoxy) is 3. The third kappa shape index (κ3) is 4.02. The van der Waals surface area contributed by atoms with E-state index in [0.717, 1.165) is 35.1 Å². The summed E-state index contributed by atoms with van der Waals surface area (Å²) >= 11 is 0. The molecular formula is C23H28N4O4. The Bertz CT molecular complexity index is 1060. The van der Waals surface area contributed by atoms with Gasteiger partial charge in [0.1, 0.15) is 0 Å². The van der Waals surface area contributed by atoms with Gasteiger partial charge < -0.3 is 19.1 Å². The van der Waals surface area contributed by atoms with E-state index in [1.807, 2.05) is 34.8 Å². The van der Waals surface area contributed by atoms with Crippen molar-refractivity contribution in [3.8, 4) is 17.2 Å². The molecular weight excluding hydrogens is 396 g/mol. The number of methoxy groups -OCH3 is 3. The largest absolute Gasteiger partial charge is 0.493 e. The van der Waals surface area contributed by atoms with E-state index in [0.29, 0.717) is 36.3 Å². The van der Waals surface area contributed by atoms with Crippen LogP contribution in [0.1, 0.15) is 30.0 Å².